The topological polar surface area (TPSA) is 81.6 Å². The van der Waals surface area contributed by atoms with Crippen molar-refractivity contribution < 1.29 is 18.5 Å². The molecule has 1 aliphatic rings. The van der Waals surface area contributed by atoms with Gasteiger partial charge in [-0.25, -0.2) is 0 Å². The maximum atomic E-state index is 12.4. The zero-order chi connectivity index (χ0) is 15.5. The number of rotatable bonds is 4. The van der Waals surface area contributed by atoms with Crippen molar-refractivity contribution in [1.82, 2.24) is 15.0 Å². The van der Waals surface area contributed by atoms with Gasteiger partial charge in [0.15, 0.2) is 16.3 Å². The lowest BCUT2D eigenvalue weighted by molar-refractivity contribution is -0.0160. The molecule has 0 N–H and O–H groups in total. The van der Waals surface area contributed by atoms with Gasteiger partial charge in [0.2, 0.25) is 0 Å². The number of hydrogen-bond acceptors (Lipinski definition) is 6. The molecule has 2 aromatic rings. The van der Waals surface area contributed by atoms with Crippen LogP contribution in [0.2, 0.25) is 0 Å². The molecule has 0 saturated carbocycles. The molecule has 1 saturated heterocycles. The van der Waals surface area contributed by atoms with Gasteiger partial charge in [-0.2, -0.15) is 4.98 Å². The third-order valence-corrected chi connectivity index (χ3v) is 3.89. The Balaban J connectivity index is 1.56. The van der Waals surface area contributed by atoms with Crippen LogP contribution in [0.5, 0.6) is 0 Å². The van der Waals surface area contributed by atoms with Crippen LogP contribution in [-0.4, -0.2) is 40.1 Å². The van der Waals surface area contributed by atoms with E-state index in [2.05, 4.69) is 26.1 Å². The molecule has 8 heteroatoms. The van der Waals surface area contributed by atoms with Crippen LogP contribution in [0.3, 0.4) is 0 Å². The van der Waals surface area contributed by atoms with Crippen molar-refractivity contribution in [3.63, 3.8) is 0 Å². The van der Waals surface area contributed by atoms with Crippen LogP contribution in [0, 0.1) is 6.92 Å². The van der Waals surface area contributed by atoms with Crippen LogP contribution in [0.4, 0.5) is 0 Å². The fourth-order valence-electron chi connectivity index (χ4n) is 2.43. The number of furan rings is 1. The molecule has 22 heavy (non-hydrogen) atoms. The van der Waals surface area contributed by atoms with E-state index in [1.54, 1.807) is 24.0 Å². The molecule has 1 aliphatic heterocycles. The van der Waals surface area contributed by atoms with Crippen molar-refractivity contribution in [3.05, 3.63) is 34.3 Å². The maximum Gasteiger partial charge on any atom is 0.289 e. The van der Waals surface area contributed by atoms with Crippen LogP contribution in [-0.2, 0) is 11.3 Å². The van der Waals surface area contributed by atoms with E-state index >= 15 is 0 Å². The predicted molar refractivity (Wildman–Crippen MR) is 79.2 cm³/mol. The van der Waals surface area contributed by atoms with Crippen LogP contribution in [0.25, 0.3) is 0 Å². The molecule has 1 atom stereocenters. The van der Waals surface area contributed by atoms with Gasteiger partial charge in [0.25, 0.3) is 11.8 Å². The Kier molecular flexibility index (Phi) is 4.58. The molecule has 0 bridgehead atoms. The van der Waals surface area contributed by atoms with Crippen LogP contribution in [0.1, 0.15) is 35.1 Å². The summed E-state index contributed by atoms with van der Waals surface area (Å²) in [4.78, 5) is 18.2. The molecule has 3 rings (SSSR count). The normalized spacial score (nSPS) is 18.6. The highest BCUT2D eigenvalue weighted by molar-refractivity contribution is 9.10. The lowest BCUT2D eigenvalue weighted by atomic mass is 10.1. The number of aryl methyl sites for hydroxylation is 1. The standard InChI is InChI=1S/C14H16BrN3O4/c1-9-16-13(22-17-9)8-20-10-3-2-6-18(7-10)14(19)11-4-5-12(15)21-11/h4-5,10H,2-3,6-8H2,1H3. The molecule has 1 unspecified atom stereocenters. The summed E-state index contributed by atoms with van der Waals surface area (Å²) in [6.07, 6.45) is 1.75. The number of aromatic nitrogens is 2. The number of carbonyl (C=O) groups is 1. The molecule has 0 radical (unpaired) electrons. The third-order valence-electron chi connectivity index (χ3n) is 3.46. The summed E-state index contributed by atoms with van der Waals surface area (Å²) in [6, 6.07) is 3.38. The minimum atomic E-state index is -0.118. The van der Waals surface area contributed by atoms with Gasteiger partial charge in [-0.15, -0.1) is 0 Å². The van der Waals surface area contributed by atoms with E-state index in [0.29, 0.717) is 35.2 Å². The molecule has 0 aromatic carbocycles. The summed E-state index contributed by atoms with van der Waals surface area (Å²) in [5, 5.41) is 3.72. The van der Waals surface area contributed by atoms with E-state index in [1.807, 2.05) is 0 Å². The lowest BCUT2D eigenvalue weighted by Gasteiger charge is -2.31. The van der Waals surface area contributed by atoms with E-state index < -0.39 is 0 Å². The SMILES string of the molecule is Cc1noc(COC2CCCN(C(=O)c3ccc(Br)o3)C2)n1. The number of amides is 1. The highest BCUT2D eigenvalue weighted by Gasteiger charge is 2.27. The quantitative estimate of drug-likeness (QED) is 0.823. The number of halogens is 1. The smallest absolute Gasteiger partial charge is 0.289 e. The average Bonchev–Trinajstić information content (AvgIpc) is 3.13. The molecule has 3 heterocycles. The monoisotopic (exact) mass is 369 g/mol. The Hall–Kier alpha value is -1.67. The summed E-state index contributed by atoms with van der Waals surface area (Å²) in [5.74, 6) is 1.26. The van der Waals surface area contributed by atoms with Crippen LogP contribution in [0.15, 0.2) is 25.7 Å². The molecule has 7 nitrogen and oxygen atoms in total. The second-order valence-electron chi connectivity index (χ2n) is 5.17. The van der Waals surface area contributed by atoms with Crippen LogP contribution < -0.4 is 0 Å². The van der Waals surface area contributed by atoms with Gasteiger partial charge in [0, 0.05) is 13.1 Å². The van der Waals surface area contributed by atoms with Gasteiger partial charge in [0.05, 0.1) is 6.10 Å². The number of carbonyl (C=O) groups excluding carboxylic acids is 1. The van der Waals surface area contributed by atoms with Crippen molar-refractivity contribution in [2.45, 2.75) is 32.5 Å². The first-order valence-corrected chi connectivity index (χ1v) is 7.86. The summed E-state index contributed by atoms with van der Waals surface area (Å²) >= 11 is 3.20. The van der Waals surface area contributed by atoms with Crippen molar-refractivity contribution >= 4 is 21.8 Å². The number of hydrogen-bond donors (Lipinski definition) is 0. The number of piperidine rings is 1. The highest BCUT2D eigenvalue weighted by atomic mass is 79.9. The summed E-state index contributed by atoms with van der Waals surface area (Å²) < 4.78 is 16.7. The van der Waals surface area contributed by atoms with Crippen molar-refractivity contribution in [2.75, 3.05) is 13.1 Å². The molecular formula is C14H16BrN3O4. The minimum absolute atomic E-state index is 0.0386. The zero-order valence-electron chi connectivity index (χ0n) is 12.1. The molecule has 1 amide bonds. The second-order valence-corrected chi connectivity index (χ2v) is 5.95. The zero-order valence-corrected chi connectivity index (χ0v) is 13.7. The molecule has 0 aliphatic carbocycles. The molecule has 2 aromatic heterocycles. The molecule has 0 spiro atoms. The summed E-state index contributed by atoms with van der Waals surface area (Å²) in [5.41, 5.74) is 0. The number of likely N-dealkylation sites (tertiary alicyclic amines) is 1. The van der Waals surface area contributed by atoms with Gasteiger partial charge in [-0.05, 0) is 47.8 Å². The fourth-order valence-corrected chi connectivity index (χ4v) is 2.74. The van der Waals surface area contributed by atoms with Gasteiger partial charge in [-0.1, -0.05) is 5.16 Å². The van der Waals surface area contributed by atoms with E-state index in [9.17, 15) is 4.79 Å². The van der Waals surface area contributed by atoms with Crippen molar-refractivity contribution in [1.29, 1.82) is 0 Å². The van der Waals surface area contributed by atoms with Crippen molar-refractivity contribution in [2.24, 2.45) is 0 Å². The third kappa shape index (κ3) is 3.56. The maximum absolute atomic E-state index is 12.4. The Morgan fingerprint density at radius 2 is 2.41 bits per heavy atom. The first-order valence-electron chi connectivity index (χ1n) is 7.07. The first kappa shape index (κ1) is 15.2. The fraction of sp³-hybridized carbons (Fsp3) is 0.500. The molecular weight excluding hydrogens is 354 g/mol. The summed E-state index contributed by atoms with van der Waals surface area (Å²) in [7, 11) is 0. The average molecular weight is 370 g/mol. The van der Waals surface area contributed by atoms with E-state index in [-0.39, 0.29) is 18.6 Å². The minimum Gasteiger partial charge on any atom is -0.444 e. The van der Waals surface area contributed by atoms with Gasteiger partial charge >= 0.3 is 0 Å². The second kappa shape index (κ2) is 6.62. The first-order chi connectivity index (χ1) is 10.6. The van der Waals surface area contributed by atoms with E-state index in [1.165, 1.54) is 0 Å². The number of nitrogens with zero attached hydrogens (tertiary/aromatic N) is 3. The molecule has 1 fully saturated rings. The van der Waals surface area contributed by atoms with Crippen LogP contribution >= 0.6 is 15.9 Å². The van der Waals surface area contributed by atoms with Crippen molar-refractivity contribution in [3.8, 4) is 0 Å². The Bertz CT molecular complexity index is 654. The van der Waals surface area contributed by atoms with Gasteiger partial charge in [0.1, 0.15) is 6.61 Å². The van der Waals surface area contributed by atoms with E-state index in [0.717, 1.165) is 12.8 Å². The Labute approximate surface area is 135 Å². The Morgan fingerprint density at radius 3 is 3.09 bits per heavy atom. The Morgan fingerprint density at radius 1 is 1.55 bits per heavy atom. The summed E-state index contributed by atoms with van der Waals surface area (Å²) in [6.45, 7) is 3.26. The molecule has 118 valence electrons. The van der Waals surface area contributed by atoms with Gasteiger partial charge in [-0.3, -0.25) is 4.79 Å². The van der Waals surface area contributed by atoms with E-state index in [4.69, 9.17) is 13.7 Å². The lowest BCUT2D eigenvalue weighted by Crippen LogP contribution is -2.43. The largest absolute Gasteiger partial charge is 0.444 e. The van der Waals surface area contributed by atoms with Gasteiger partial charge < -0.3 is 18.6 Å². The number of ether oxygens (including phenoxy) is 1. The predicted octanol–water partition coefficient (Wildman–Crippen LogP) is 2.55. The highest BCUT2D eigenvalue weighted by Crippen LogP contribution is 2.20.